The minimum Gasteiger partial charge on any atom is -0.493 e. The first-order valence-corrected chi connectivity index (χ1v) is 9.44. The van der Waals surface area contributed by atoms with Crippen molar-refractivity contribution in [2.45, 2.75) is 26.0 Å². The first kappa shape index (κ1) is 18.8. The molecule has 2 aliphatic heterocycles. The van der Waals surface area contributed by atoms with Gasteiger partial charge < -0.3 is 28.3 Å². The van der Waals surface area contributed by atoms with Gasteiger partial charge in [0.05, 0.1) is 39.7 Å². The predicted molar refractivity (Wildman–Crippen MR) is 104 cm³/mol. The van der Waals surface area contributed by atoms with Gasteiger partial charge in [-0.15, -0.1) is 0 Å². The minimum absolute atomic E-state index is 0.0512. The molecule has 150 valence electrons. The third kappa shape index (κ3) is 3.25. The zero-order valence-electron chi connectivity index (χ0n) is 16.4. The van der Waals surface area contributed by atoms with Crippen LogP contribution in [0.25, 0.3) is 11.3 Å². The Morgan fingerprint density at radius 2 is 2.07 bits per heavy atom. The summed E-state index contributed by atoms with van der Waals surface area (Å²) < 4.78 is 30.2. The van der Waals surface area contributed by atoms with Crippen molar-refractivity contribution < 1.29 is 23.7 Å². The van der Waals surface area contributed by atoms with E-state index in [2.05, 4.69) is 4.57 Å². The molecule has 0 bridgehead atoms. The minimum atomic E-state index is -0.123. The molecular formula is C21H25NO6. The second-order valence-electron chi connectivity index (χ2n) is 6.93. The highest BCUT2D eigenvalue weighted by Gasteiger charge is 2.26. The zero-order chi connectivity index (χ0) is 19.7. The number of rotatable bonds is 5. The summed E-state index contributed by atoms with van der Waals surface area (Å²) in [4.78, 5) is 12.6. The van der Waals surface area contributed by atoms with Crippen molar-refractivity contribution in [3.63, 3.8) is 0 Å². The molecule has 0 spiro atoms. The van der Waals surface area contributed by atoms with Crippen LogP contribution in [0.15, 0.2) is 23.0 Å². The van der Waals surface area contributed by atoms with E-state index in [-0.39, 0.29) is 11.5 Å². The number of benzene rings is 1. The Balaban J connectivity index is 1.75. The summed E-state index contributed by atoms with van der Waals surface area (Å²) >= 11 is 0. The average molecular weight is 387 g/mol. The largest absolute Gasteiger partial charge is 0.493 e. The molecule has 0 radical (unpaired) electrons. The number of hydrogen-bond acceptors (Lipinski definition) is 6. The number of pyridine rings is 1. The maximum atomic E-state index is 12.6. The summed E-state index contributed by atoms with van der Waals surface area (Å²) in [6.07, 6.45) is 0.631. The molecule has 1 aromatic carbocycles. The van der Waals surface area contributed by atoms with Crippen LogP contribution in [0.4, 0.5) is 0 Å². The maximum Gasteiger partial charge on any atom is 0.197 e. The molecule has 28 heavy (non-hydrogen) atoms. The van der Waals surface area contributed by atoms with Gasteiger partial charge in [-0.1, -0.05) is 0 Å². The van der Waals surface area contributed by atoms with Crippen molar-refractivity contribution in [2.24, 2.45) is 0 Å². The molecule has 1 fully saturated rings. The van der Waals surface area contributed by atoms with Crippen LogP contribution in [0.5, 0.6) is 17.4 Å². The molecule has 0 aliphatic carbocycles. The van der Waals surface area contributed by atoms with E-state index in [1.807, 2.05) is 19.1 Å². The fourth-order valence-electron chi connectivity index (χ4n) is 3.91. The van der Waals surface area contributed by atoms with E-state index >= 15 is 0 Å². The van der Waals surface area contributed by atoms with Gasteiger partial charge in [0.2, 0.25) is 0 Å². The topological polar surface area (TPSA) is 68.2 Å². The highest BCUT2D eigenvalue weighted by Crippen LogP contribution is 2.42. The SMILES string of the molecule is COc1ccc2c(c1OC)CCn1c(OC[C@@H]3COCCO3)cc(=O)c(C)c1-2. The van der Waals surface area contributed by atoms with Gasteiger partial charge in [-0.3, -0.25) is 4.79 Å². The van der Waals surface area contributed by atoms with E-state index in [9.17, 15) is 4.79 Å². The predicted octanol–water partition coefficient (Wildman–Crippen LogP) is 2.19. The lowest BCUT2D eigenvalue weighted by atomic mass is 9.93. The lowest BCUT2D eigenvalue weighted by molar-refractivity contribution is -0.102. The molecular weight excluding hydrogens is 362 g/mol. The standard InChI is InChI=1S/C21H25NO6/c1-13-17(23)10-19(28-12-14-11-26-8-9-27-14)22-7-6-16-15(20(13)22)4-5-18(24-2)21(16)25-3/h4-5,10,14H,6-9,11-12H2,1-3H3/t14-/m0/s1. The molecule has 0 saturated carbocycles. The molecule has 7 nitrogen and oxygen atoms in total. The first-order chi connectivity index (χ1) is 13.6. The number of hydrogen-bond donors (Lipinski definition) is 0. The van der Waals surface area contributed by atoms with Gasteiger partial charge in [-0.2, -0.15) is 0 Å². The van der Waals surface area contributed by atoms with Gasteiger partial charge in [0.15, 0.2) is 22.8 Å². The van der Waals surface area contributed by atoms with Crippen LogP contribution in [0, 0.1) is 6.92 Å². The van der Waals surface area contributed by atoms with Crippen LogP contribution < -0.4 is 19.6 Å². The number of aromatic nitrogens is 1. The Labute approximate surface area is 163 Å². The molecule has 4 rings (SSSR count). The number of ether oxygens (including phenoxy) is 5. The van der Waals surface area contributed by atoms with Crippen LogP contribution >= 0.6 is 0 Å². The van der Waals surface area contributed by atoms with E-state index in [1.165, 1.54) is 0 Å². The first-order valence-electron chi connectivity index (χ1n) is 9.44. The van der Waals surface area contributed by atoms with Crippen molar-refractivity contribution in [3.05, 3.63) is 39.5 Å². The quantitative estimate of drug-likeness (QED) is 0.784. The van der Waals surface area contributed by atoms with E-state index < -0.39 is 0 Å². The normalized spacial score (nSPS) is 18.2. The summed E-state index contributed by atoms with van der Waals surface area (Å²) in [5.74, 6) is 1.97. The highest BCUT2D eigenvalue weighted by atomic mass is 16.6. The second-order valence-corrected chi connectivity index (χ2v) is 6.93. The van der Waals surface area contributed by atoms with Gasteiger partial charge in [0.25, 0.3) is 0 Å². The lowest BCUT2D eigenvalue weighted by Crippen LogP contribution is -2.34. The summed E-state index contributed by atoms with van der Waals surface area (Å²) in [6.45, 7) is 4.56. The van der Waals surface area contributed by atoms with Crippen LogP contribution in [-0.4, -0.2) is 51.3 Å². The smallest absolute Gasteiger partial charge is 0.197 e. The Kier molecular flexibility index (Phi) is 5.28. The molecule has 1 saturated heterocycles. The fraction of sp³-hybridized carbons (Fsp3) is 0.476. The Hall–Kier alpha value is -2.51. The van der Waals surface area contributed by atoms with Gasteiger partial charge in [0, 0.05) is 29.3 Å². The molecule has 7 heteroatoms. The van der Waals surface area contributed by atoms with Crippen LogP contribution in [0.1, 0.15) is 11.1 Å². The molecule has 3 heterocycles. The molecule has 0 N–H and O–H groups in total. The second kappa shape index (κ2) is 7.85. The number of nitrogens with zero attached hydrogens (tertiary/aromatic N) is 1. The maximum absolute atomic E-state index is 12.6. The van der Waals surface area contributed by atoms with Crippen LogP contribution in [0.3, 0.4) is 0 Å². The van der Waals surface area contributed by atoms with E-state index in [0.29, 0.717) is 50.2 Å². The highest BCUT2D eigenvalue weighted by molar-refractivity contribution is 5.74. The van der Waals surface area contributed by atoms with Crippen LogP contribution in [0.2, 0.25) is 0 Å². The van der Waals surface area contributed by atoms with Gasteiger partial charge in [-0.05, 0) is 25.5 Å². The van der Waals surface area contributed by atoms with E-state index in [1.54, 1.807) is 20.3 Å². The number of methoxy groups -OCH3 is 2. The van der Waals surface area contributed by atoms with Gasteiger partial charge in [0.1, 0.15) is 12.7 Å². The fourth-order valence-corrected chi connectivity index (χ4v) is 3.91. The summed E-state index contributed by atoms with van der Waals surface area (Å²) in [6, 6.07) is 5.42. The Bertz CT molecular complexity index is 929. The average Bonchev–Trinajstić information content (AvgIpc) is 2.74. The van der Waals surface area contributed by atoms with Crippen LogP contribution in [-0.2, 0) is 22.4 Å². The van der Waals surface area contributed by atoms with E-state index in [4.69, 9.17) is 23.7 Å². The number of fused-ring (bicyclic) bond motifs is 3. The van der Waals surface area contributed by atoms with Crippen molar-refractivity contribution >= 4 is 0 Å². The Morgan fingerprint density at radius 3 is 2.79 bits per heavy atom. The lowest BCUT2D eigenvalue weighted by Gasteiger charge is -2.29. The van der Waals surface area contributed by atoms with Crippen molar-refractivity contribution in [1.29, 1.82) is 0 Å². The van der Waals surface area contributed by atoms with Crippen molar-refractivity contribution in [2.75, 3.05) is 40.6 Å². The third-order valence-corrected chi connectivity index (χ3v) is 5.31. The summed E-state index contributed by atoms with van der Waals surface area (Å²) in [7, 11) is 3.26. The molecule has 0 amide bonds. The van der Waals surface area contributed by atoms with Crippen molar-refractivity contribution in [1.82, 2.24) is 4.57 Å². The molecule has 1 aromatic heterocycles. The van der Waals surface area contributed by atoms with E-state index in [0.717, 1.165) is 29.0 Å². The monoisotopic (exact) mass is 387 g/mol. The zero-order valence-corrected chi connectivity index (χ0v) is 16.4. The molecule has 1 atom stereocenters. The summed E-state index contributed by atoms with van der Waals surface area (Å²) in [5, 5.41) is 0. The Morgan fingerprint density at radius 1 is 1.21 bits per heavy atom. The molecule has 2 aromatic rings. The summed E-state index contributed by atoms with van der Waals surface area (Å²) in [5.41, 5.74) is 3.53. The van der Waals surface area contributed by atoms with Gasteiger partial charge in [-0.25, -0.2) is 0 Å². The molecule has 0 unspecified atom stereocenters. The van der Waals surface area contributed by atoms with Gasteiger partial charge >= 0.3 is 0 Å². The third-order valence-electron chi connectivity index (χ3n) is 5.31. The molecule has 2 aliphatic rings. The van der Waals surface area contributed by atoms with Crippen molar-refractivity contribution in [3.8, 4) is 28.6 Å².